The molecule has 2 aliphatic rings. The lowest BCUT2D eigenvalue weighted by molar-refractivity contribution is -0.139. The molecule has 0 bridgehead atoms. The zero-order valence-corrected chi connectivity index (χ0v) is 38.3. The maximum absolute atomic E-state index is 14.4. The van der Waals surface area contributed by atoms with E-state index in [-0.39, 0.29) is 39.8 Å². The van der Waals surface area contributed by atoms with Gasteiger partial charge in [0.15, 0.2) is 12.7 Å². The summed E-state index contributed by atoms with van der Waals surface area (Å²) in [6.07, 6.45) is 2.88. The number of aryl methyl sites for hydroxylation is 2. The lowest BCUT2D eigenvalue weighted by Crippen LogP contribution is -2.35. The van der Waals surface area contributed by atoms with Crippen LogP contribution in [0.5, 0.6) is 17.5 Å². The number of pyridine rings is 1. The normalized spacial score (nSPS) is 13.8. The van der Waals surface area contributed by atoms with Gasteiger partial charge in [0, 0.05) is 35.2 Å². The summed E-state index contributed by atoms with van der Waals surface area (Å²) in [4.78, 5) is 63.4. The van der Waals surface area contributed by atoms with Gasteiger partial charge in [-0.3, -0.25) is 19.9 Å². The first-order chi connectivity index (χ1) is 32.1. The lowest BCUT2D eigenvalue weighted by Gasteiger charge is -2.19. The fraction of sp³-hybridized carbons (Fsp3) is 0.273. The second kappa shape index (κ2) is 22.6. The van der Waals surface area contributed by atoms with Crippen LogP contribution in [0.2, 0.25) is 10.0 Å². The summed E-state index contributed by atoms with van der Waals surface area (Å²) >= 11 is 12.0. The van der Waals surface area contributed by atoms with Gasteiger partial charge in [0.25, 0.3) is 21.8 Å². The van der Waals surface area contributed by atoms with Gasteiger partial charge < -0.3 is 19.3 Å². The number of sulfonamides is 1. The van der Waals surface area contributed by atoms with Crippen LogP contribution in [0.15, 0.2) is 82.9 Å². The largest absolute Gasteiger partial charge is 0.480 e. The Bertz CT molecular complexity index is 2910. The number of alkyl halides is 3. The molecule has 7 rings (SSSR count). The molecule has 1 aliphatic carbocycles. The number of terminal acetylenes is 1. The predicted molar refractivity (Wildman–Crippen MR) is 239 cm³/mol. The number of hydrogen-bond acceptors (Lipinski definition) is 13. The van der Waals surface area contributed by atoms with Crippen molar-refractivity contribution in [2.24, 2.45) is 0 Å². The molecule has 1 aliphatic heterocycles. The number of carbonyl (C=O) groups excluding carboxylic acids is 3. The number of carboxylic acids is 1. The van der Waals surface area contributed by atoms with Crippen molar-refractivity contribution in [2.45, 2.75) is 69.5 Å². The zero-order valence-electron chi connectivity index (χ0n) is 36.0. The number of imide groups is 1. The fourth-order valence-electron chi connectivity index (χ4n) is 6.49. The Morgan fingerprint density at radius 2 is 1.65 bits per heavy atom. The Labute approximate surface area is 395 Å². The average Bonchev–Trinajstić information content (AvgIpc) is 3.54. The van der Waals surface area contributed by atoms with Crippen molar-refractivity contribution in [3.05, 3.63) is 105 Å². The summed E-state index contributed by atoms with van der Waals surface area (Å²) < 4.78 is 93.7. The molecule has 1 unspecified atom stereocenters. The molecule has 0 saturated carbocycles. The Morgan fingerprint density at radius 1 is 0.971 bits per heavy atom. The molecule has 24 heteroatoms. The van der Waals surface area contributed by atoms with Gasteiger partial charge in [-0.25, -0.2) is 32.0 Å². The molecular weight excluding hydrogens is 965 g/mol. The number of benzene rings is 3. The van der Waals surface area contributed by atoms with Gasteiger partial charge in [0.2, 0.25) is 5.95 Å². The quantitative estimate of drug-likeness (QED) is 0.0609. The second-order valence-electron chi connectivity index (χ2n) is 14.4. The third kappa shape index (κ3) is 13.5. The van der Waals surface area contributed by atoms with Crippen molar-refractivity contribution >= 4 is 79.6 Å². The molecule has 0 fully saturated rings. The number of methoxy groups -OCH3 is 1. The topological polar surface area (TPSA) is 229 Å². The molecule has 0 spiro atoms. The van der Waals surface area contributed by atoms with Crippen molar-refractivity contribution in [1.82, 2.24) is 24.7 Å². The number of hydrogen-bond donors (Lipinski definition) is 3. The monoisotopic (exact) mass is 1000 g/mol. The number of nitrogens with one attached hydrogen (secondary N) is 2. The van der Waals surface area contributed by atoms with Gasteiger partial charge in [-0.1, -0.05) is 47.3 Å². The number of anilines is 2. The van der Waals surface area contributed by atoms with Crippen LogP contribution in [-0.4, -0.2) is 83.3 Å². The molecule has 4 amide bonds. The summed E-state index contributed by atoms with van der Waals surface area (Å²) in [5.41, 5.74) is 1.30. The minimum absolute atomic E-state index is 0.0233. The van der Waals surface area contributed by atoms with Crippen LogP contribution >= 0.6 is 23.2 Å². The van der Waals surface area contributed by atoms with Crippen LogP contribution in [0.4, 0.5) is 34.0 Å². The minimum atomic E-state index is -4.45. The molecule has 3 aromatic carbocycles. The molecule has 0 saturated heterocycles. The molecule has 1 atom stereocenters. The summed E-state index contributed by atoms with van der Waals surface area (Å²) in [6.45, 7) is 2.74. The number of fused-ring (bicyclic) bond motifs is 1. The number of rotatable bonds is 12. The van der Waals surface area contributed by atoms with Gasteiger partial charge in [0.05, 0.1) is 27.7 Å². The Morgan fingerprint density at radius 3 is 2.28 bits per heavy atom. The number of aliphatic carboxylic acids is 1. The van der Waals surface area contributed by atoms with E-state index >= 15 is 0 Å². The summed E-state index contributed by atoms with van der Waals surface area (Å²) in [7, 11) is -3.14. The first-order valence-corrected chi connectivity index (χ1v) is 22.2. The molecule has 2 aromatic heterocycles. The molecule has 3 N–H and O–H groups in total. The summed E-state index contributed by atoms with van der Waals surface area (Å²) in [5, 5.41) is 12.0. The van der Waals surface area contributed by atoms with Crippen LogP contribution in [-0.2, 0) is 30.8 Å². The highest BCUT2D eigenvalue weighted by Crippen LogP contribution is 2.40. The van der Waals surface area contributed by atoms with Crippen LogP contribution < -0.4 is 29.1 Å². The number of carboxylic acid groups (broad SMARTS) is 1. The van der Waals surface area contributed by atoms with Crippen LogP contribution in [0, 0.1) is 25.1 Å². The van der Waals surface area contributed by atoms with E-state index in [0.717, 1.165) is 35.3 Å². The molecule has 17 nitrogen and oxygen atoms in total. The van der Waals surface area contributed by atoms with Crippen molar-refractivity contribution < 1.29 is 64.5 Å². The molecule has 3 heterocycles. The number of halogens is 6. The van der Waals surface area contributed by atoms with E-state index in [2.05, 4.69) is 31.2 Å². The Hall–Kier alpha value is -7.09. The fourth-order valence-corrected chi connectivity index (χ4v) is 8.08. The van der Waals surface area contributed by atoms with Gasteiger partial charge in [-0.05, 0) is 87.9 Å². The lowest BCUT2D eigenvalue weighted by atomic mass is 9.93. The first kappa shape index (κ1) is 51.9. The van der Waals surface area contributed by atoms with Crippen molar-refractivity contribution in [2.75, 3.05) is 23.9 Å². The van der Waals surface area contributed by atoms with E-state index in [1.165, 1.54) is 38.3 Å². The van der Waals surface area contributed by atoms with Crippen LogP contribution in [0.1, 0.15) is 50.4 Å². The average molecular weight is 1000 g/mol. The molecule has 68 heavy (non-hydrogen) atoms. The number of carbonyl (C=O) groups is 4. The number of amides is 4. The second-order valence-corrected chi connectivity index (χ2v) is 16.8. The van der Waals surface area contributed by atoms with Crippen LogP contribution in [0.25, 0.3) is 10.9 Å². The highest BCUT2D eigenvalue weighted by atomic mass is 35.5. The molecule has 0 radical (unpaired) electrons. The maximum Gasteiger partial charge on any atom is 0.389 e. The summed E-state index contributed by atoms with van der Waals surface area (Å²) in [6, 6.07) is 12.9. The molecular formula is C44H39Cl2F4N7O10S. The number of aromatic nitrogens is 4. The van der Waals surface area contributed by atoms with E-state index in [0.29, 0.717) is 40.3 Å². The van der Waals surface area contributed by atoms with Crippen molar-refractivity contribution in [3.63, 3.8) is 0 Å². The first-order valence-electron chi connectivity index (χ1n) is 20.0. The molecule has 358 valence electrons. The highest BCUT2D eigenvalue weighted by Gasteiger charge is 2.41. The zero-order chi connectivity index (χ0) is 49.9. The van der Waals surface area contributed by atoms with E-state index in [1.54, 1.807) is 42.1 Å². The predicted octanol–water partition coefficient (Wildman–Crippen LogP) is 8.17. The standard InChI is InChI=1S/C18H15ClFNO3.C15H16F3N5O4S.C11H8ClNO3/c1-3-10(2)24-16-9-15(14(20)8-13(16)19)21-17(22)11-6-4-5-7-12(11)18(21)23;1-9-19-12(22-14(20-9)27-2)21-13(24)23-28(25,26)11-6-4-3-5-10(11)7-8-15(16,17)18;12-8-3-4-9(16-6-10(14)15)11-7(8)2-1-5-13-11/h1,8-10H,4-7H2,2H3;3-6H,7-8H2,1-2H3,(H2,19,20,21,22,23,24);1-5H,6H2,(H,14,15). The van der Waals surface area contributed by atoms with E-state index in [1.807, 2.05) is 0 Å². The number of urea groups is 1. The SMILES string of the molecule is C#CC(C)Oc1cc(N2C(=O)C3=C(CCCC3)C2=O)c(F)cc1Cl.COc1nc(C)nc(NC(=O)NS(=O)(=O)c2ccccc2CCC(F)(F)F)n1.O=C(O)COc1ccc(Cl)c2cccnc12. The molecule has 5 aromatic rings. The third-order valence-electron chi connectivity index (χ3n) is 9.50. The van der Waals surface area contributed by atoms with E-state index in [9.17, 15) is 45.2 Å². The van der Waals surface area contributed by atoms with Gasteiger partial charge in [-0.15, -0.1) is 6.42 Å². The Kier molecular flexibility index (Phi) is 17.2. The van der Waals surface area contributed by atoms with Gasteiger partial charge >= 0.3 is 24.2 Å². The summed E-state index contributed by atoms with van der Waals surface area (Å²) in [5.74, 6) is 0.146. The van der Waals surface area contributed by atoms with Gasteiger partial charge in [0.1, 0.15) is 28.7 Å². The van der Waals surface area contributed by atoms with Crippen LogP contribution in [0.3, 0.4) is 0 Å². The van der Waals surface area contributed by atoms with Gasteiger partial charge in [-0.2, -0.15) is 28.1 Å². The van der Waals surface area contributed by atoms with Crippen molar-refractivity contribution in [1.29, 1.82) is 0 Å². The number of ether oxygens (including phenoxy) is 3. The third-order valence-corrected chi connectivity index (χ3v) is 11.6. The minimum Gasteiger partial charge on any atom is -0.480 e. The highest BCUT2D eigenvalue weighted by molar-refractivity contribution is 7.90. The maximum atomic E-state index is 14.4. The van der Waals surface area contributed by atoms with E-state index < -0.39 is 76.3 Å². The van der Waals surface area contributed by atoms with E-state index in [4.69, 9.17) is 48.9 Å². The smallest absolute Gasteiger partial charge is 0.389 e. The Balaban J connectivity index is 0.000000197. The number of nitrogens with zero attached hydrogens (tertiary/aromatic N) is 5. The van der Waals surface area contributed by atoms with Crippen molar-refractivity contribution in [3.8, 4) is 29.9 Å².